The number of hydrogen-bond acceptors (Lipinski definition) is 4. The zero-order valence-electron chi connectivity index (χ0n) is 9.67. The van der Waals surface area contributed by atoms with Gasteiger partial charge in [0.15, 0.2) is 0 Å². The summed E-state index contributed by atoms with van der Waals surface area (Å²) in [5, 5.41) is 2.94. The fourth-order valence-electron chi connectivity index (χ4n) is 1.90. The molecule has 1 aromatic rings. The molecule has 4 nitrogen and oxygen atoms in total. The largest absolute Gasteiger partial charge is 0.339 e. The Kier molecular flexibility index (Phi) is 4.39. The van der Waals surface area contributed by atoms with Crippen LogP contribution in [0.4, 0.5) is 0 Å². The van der Waals surface area contributed by atoms with Gasteiger partial charge in [-0.15, -0.1) is 0 Å². The van der Waals surface area contributed by atoms with Crippen LogP contribution in [0.15, 0.2) is 24.4 Å². The third-order valence-electron chi connectivity index (χ3n) is 2.84. The van der Waals surface area contributed by atoms with Gasteiger partial charge in [0, 0.05) is 44.5 Å². The molecule has 0 aromatic carbocycles. The Morgan fingerprint density at radius 1 is 1.47 bits per heavy atom. The van der Waals surface area contributed by atoms with E-state index in [1.165, 1.54) is 0 Å². The lowest BCUT2D eigenvalue weighted by atomic mass is 10.2. The minimum Gasteiger partial charge on any atom is -0.339 e. The number of aromatic nitrogens is 1. The molecule has 1 N–H and O–H groups in total. The molecule has 2 rings (SSSR count). The summed E-state index contributed by atoms with van der Waals surface area (Å²) < 4.78 is 0. The maximum atomic E-state index is 12.1. The molecule has 0 saturated carbocycles. The van der Waals surface area contributed by atoms with Crippen molar-refractivity contribution >= 4 is 18.5 Å². The summed E-state index contributed by atoms with van der Waals surface area (Å²) in [5.41, 5.74) is 0.913. The quantitative estimate of drug-likeness (QED) is 0.762. The minimum atomic E-state index is -0.289. The Hall–Kier alpha value is -1.07. The van der Waals surface area contributed by atoms with E-state index in [-0.39, 0.29) is 11.2 Å². The van der Waals surface area contributed by atoms with Crippen LogP contribution in [-0.2, 0) is 11.2 Å². The average molecular weight is 251 g/mol. The molecule has 1 aromatic heterocycles. The fraction of sp³-hybridized carbons (Fsp3) is 0.500. The molecule has 0 bridgehead atoms. The van der Waals surface area contributed by atoms with Crippen LogP contribution in [0.5, 0.6) is 0 Å². The highest BCUT2D eigenvalue weighted by atomic mass is 32.1. The van der Waals surface area contributed by atoms with E-state index < -0.39 is 0 Å². The van der Waals surface area contributed by atoms with Gasteiger partial charge in [0.1, 0.15) is 0 Å². The molecule has 1 fully saturated rings. The number of amides is 1. The molecule has 1 unspecified atom stereocenters. The first kappa shape index (κ1) is 12.4. The number of carbonyl (C=O) groups is 1. The Bertz CT molecular complexity index is 365. The highest BCUT2D eigenvalue weighted by Crippen LogP contribution is 2.09. The first-order valence-corrected chi connectivity index (χ1v) is 6.36. The monoisotopic (exact) mass is 251 g/mol. The summed E-state index contributed by atoms with van der Waals surface area (Å²) in [6, 6.07) is 5.72. The average Bonchev–Trinajstić information content (AvgIpc) is 2.40. The molecule has 5 heteroatoms. The van der Waals surface area contributed by atoms with Crippen molar-refractivity contribution in [2.45, 2.75) is 11.7 Å². The molecule has 1 atom stereocenters. The maximum absolute atomic E-state index is 12.1. The van der Waals surface area contributed by atoms with Gasteiger partial charge in [-0.1, -0.05) is 6.07 Å². The standard InChI is InChI=1S/C12H17N3OS/c16-12(15-7-5-13-6-8-15)11(17)9-10-3-1-2-4-14-10/h1-4,11,13,17H,5-9H2. The van der Waals surface area contributed by atoms with Crippen LogP contribution >= 0.6 is 12.6 Å². The van der Waals surface area contributed by atoms with Crippen molar-refractivity contribution < 1.29 is 4.79 Å². The summed E-state index contributed by atoms with van der Waals surface area (Å²) in [5.74, 6) is 0.112. The van der Waals surface area contributed by atoms with E-state index in [0.717, 1.165) is 31.9 Å². The topological polar surface area (TPSA) is 45.2 Å². The van der Waals surface area contributed by atoms with Crippen LogP contribution in [0.1, 0.15) is 5.69 Å². The minimum absolute atomic E-state index is 0.112. The number of nitrogens with one attached hydrogen (secondary N) is 1. The predicted molar refractivity (Wildman–Crippen MR) is 70.2 cm³/mol. The molecule has 1 aliphatic heterocycles. The highest BCUT2D eigenvalue weighted by Gasteiger charge is 2.22. The van der Waals surface area contributed by atoms with E-state index in [9.17, 15) is 4.79 Å². The second-order valence-electron chi connectivity index (χ2n) is 4.12. The zero-order chi connectivity index (χ0) is 12.1. The summed E-state index contributed by atoms with van der Waals surface area (Å²) >= 11 is 4.39. The Morgan fingerprint density at radius 3 is 2.88 bits per heavy atom. The van der Waals surface area contributed by atoms with Crippen LogP contribution in [0.25, 0.3) is 0 Å². The Labute approximate surface area is 107 Å². The van der Waals surface area contributed by atoms with E-state index in [1.807, 2.05) is 23.1 Å². The Morgan fingerprint density at radius 2 is 2.24 bits per heavy atom. The molecule has 1 amide bonds. The summed E-state index contributed by atoms with van der Waals surface area (Å²) in [7, 11) is 0. The van der Waals surface area contributed by atoms with E-state index in [2.05, 4.69) is 22.9 Å². The van der Waals surface area contributed by atoms with Gasteiger partial charge in [-0.2, -0.15) is 12.6 Å². The summed E-state index contributed by atoms with van der Waals surface area (Å²) in [4.78, 5) is 18.2. The van der Waals surface area contributed by atoms with Crippen molar-refractivity contribution in [2.24, 2.45) is 0 Å². The smallest absolute Gasteiger partial charge is 0.235 e. The van der Waals surface area contributed by atoms with Gasteiger partial charge in [-0.25, -0.2) is 0 Å². The number of thiol groups is 1. The lowest BCUT2D eigenvalue weighted by molar-refractivity contribution is -0.131. The van der Waals surface area contributed by atoms with Crippen molar-refractivity contribution in [1.82, 2.24) is 15.2 Å². The molecule has 0 aliphatic carbocycles. The first-order valence-electron chi connectivity index (χ1n) is 5.85. The van der Waals surface area contributed by atoms with Gasteiger partial charge in [0.25, 0.3) is 0 Å². The van der Waals surface area contributed by atoms with Crippen LogP contribution in [0.3, 0.4) is 0 Å². The van der Waals surface area contributed by atoms with Gasteiger partial charge in [0.05, 0.1) is 5.25 Å². The second-order valence-corrected chi connectivity index (χ2v) is 4.74. The number of nitrogens with zero attached hydrogens (tertiary/aromatic N) is 2. The van der Waals surface area contributed by atoms with Crippen LogP contribution < -0.4 is 5.32 Å². The summed E-state index contributed by atoms with van der Waals surface area (Å²) in [6.07, 6.45) is 2.33. The lowest BCUT2D eigenvalue weighted by Crippen LogP contribution is -2.49. The molecule has 92 valence electrons. The number of piperazine rings is 1. The molecule has 1 saturated heterocycles. The van der Waals surface area contributed by atoms with Crippen molar-refractivity contribution in [3.63, 3.8) is 0 Å². The first-order chi connectivity index (χ1) is 8.27. The van der Waals surface area contributed by atoms with E-state index in [1.54, 1.807) is 6.20 Å². The number of hydrogen-bond donors (Lipinski definition) is 2. The molecular weight excluding hydrogens is 234 g/mol. The second kappa shape index (κ2) is 6.02. The van der Waals surface area contributed by atoms with Gasteiger partial charge in [-0.3, -0.25) is 9.78 Å². The Balaban J connectivity index is 1.90. The number of pyridine rings is 1. The van der Waals surface area contributed by atoms with Crippen molar-refractivity contribution in [1.29, 1.82) is 0 Å². The maximum Gasteiger partial charge on any atom is 0.235 e. The van der Waals surface area contributed by atoms with Crippen LogP contribution in [-0.4, -0.2) is 47.2 Å². The fourth-order valence-corrected chi connectivity index (χ4v) is 2.25. The molecule has 0 spiro atoms. The zero-order valence-corrected chi connectivity index (χ0v) is 10.6. The number of carbonyl (C=O) groups excluding carboxylic acids is 1. The van der Waals surface area contributed by atoms with Crippen LogP contribution in [0, 0.1) is 0 Å². The molecular formula is C12H17N3OS. The normalized spacial score (nSPS) is 17.8. The lowest BCUT2D eigenvalue weighted by Gasteiger charge is -2.29. The van der Waals surface area contributed by atoms with E-state index in [0.29, 0.717) is 6.42 Å². The van der Waals surface area contributed by atoms with E-state index >= 15 is 0 Å². The SMILES string of the molecule is O=C(C(S)Cc1ccccn1)N1CCNCC1. The van der Waals surface area contributed by atoms with Crippen LogP contribution in [0.2, 0.25) is 0 Å². The van der Waals surface area contributed by atoms with Gasteiger partial charge in [0.2, 0.25) is 5.91 Å². The molecule has 0 radical (unpaired) electrons. The van der Waals surface area contributed by atoms with Crippen molar-refractivity contribution in [2.75, 3.05) is 26.2 Å². The third-order valence-corrected chi connectivity index (χ3v) is 3.25. The van der Waals surface area contributed by atoms with Gasteiger partial charge in [-0.05, 0) is 12.1 Å². The molecule has 1 aliphatic rings. The molecule has 17 heavy (non-hydrogen) atoms. The van der Waals surface area contributed by atoms with Gasteiger partial charge >= 0.3 is 0 Å². The van der Waals surface area contributed by atoms with E-state index in [4.69, 9.17) is 0 Å². The van der Waals surface area contributed by atoms with Crippen molar-refractivity contribution in [3.8, 4) is 0 Å². The summed E-state index contributed by atoms with van der Waals surface area (Å²) in [6.45, 7) is 3.29. The number of rotatable bonds is 3. The van der Waals surface area contributed by atoms with Gasteiger partial charge < -0.3 is 10.2 Å². The van der Waals surface area contributed by atoms with Crippen molar-refractivity contribution in [3.05, 3.63) is 30.1 Å². The highest BCUT2D eigenvalue weighted by molar-refractivity contribution is 7.81. The third kappa shape index (κ3) is 3.44. The predicted octanol–water partition coefficient (Wildman–Crippen LogP) is 0.354. The molecule has 2 heterocycles.